The highest BCUT2D eigenvalue weighted by Gasteiger charge is 2.16. The van der Waals surface area contributed by atoms with E-state index in [1.165, 1.54) is 0 Å². The SMILES string of the molecule is c1cc(-c2ccc(-c3nc4ccccc4c4nc5ccccn5c34)cc2)cc(-c2cc(-c3ccncc3)nc(-c3ccncc3)c2)c1. The quantitative estimate of drug-likeness (QED) is 0.196. The average molecular weight is 603 g/mol. The Morgan fingerprint density at radius 2 is 1.06 bits per heavy atom. The molecule has 0 N–H and O–H groups in total. The Morgan fingerprint density at radius 1 is 0.426 bits per heavy atom. The molecule has 6 nitrogen and oxygen atoms in total. The maximum absolute atomic E-state index is 5.14. The van der Waals surface area contributed by atoms with Gasteiger partial charge < -0.3 is 0 Å². The molecule has 0 aliphatic heterocycles. The summed E-state index contributed by atoms with van der Waals surface area (Å²) >= 11 is 0. The summed E-state index contributed by atoms with van der Waals surface area (Å²) in [5.41, 5.74) is 14.1. The topological polar surface area (TPSA) is 68.9 Å². The minimum absolute atomic E-state index is 0.896. The fourth-order valence-corrected chi connectivity index (χ4v) is 6.29. The average Bonchev–Trinajstić information content (AvgIpc) is 3.55. The molecule has 0 radical (unpaired) electrons. The number of aromatic nitrogens is 6. The summed E-state index contributed by atoms with van der Waals surface area (Å²) in [7, 11) is 0. The van der Waals surface area contributed by atoms with Gasteiger partial charge in [0.25, 0.3) is 0 Å². The molecule has 0 unspecified atom stereocenters. The van der Waals surface area contributed by atoms with Crippen LogP contribution in [0.4, 0.5) is 0 Å². The van der Waals surface area contributed by atoms with Gasteiger partial charge in [-0.3, -0.25) is 14.4 Å². The highest BCUT2D eigenvalue weighted by Crippen LogP contribution is 2.35. The van der Waals surface area contributed by atoms with E-state index in [0.717, 1.165) is 83.6 Å². The van der Waals surface area contributed by atoms with Gasteiger partial charge in [0.2, 0.25) is 0 Å². The van der Waals surface area contributed by atoms with Gasteiger partial charge >= 0.3 is 0 Å². The van der Waals surface area contributed by atoms with Crippen molar-refractivity contribution in [3.8, 4) is 56.0 Å². The van der Waals surface area contributed by atoms with E-state index in [1.807, 2.05) is 54.6 Å². The summed E-state index contributed by atoms with van der Waals surface area (Å²) in [5.74, 6) is 0. The molecule has 0 saturated heterocycles. The molecule has 9 rings (SSSR count). The number of imidazole rings is 1. The molecule has 0 saturated carbocycles. The molecule has 47 heavy (non-hydrogen) atoms. The Balaban J connectivity index is 1.13. The van der Waals surface area contributed by atoms with E-state index in [-0.39, 0.29) is 0 Å². The van der Waals surface area contributed by atoms with Crippen molar-refractivity contribution < 1.29 is 0 Å². The normalized spacial score (nSPS) is 11.4. The van der Waals surface area contributed by atoms with Crippen molar-refractivity contribution in [3.63, 3.8) is 0 Å². The molecule has 3 aromatic carbocycles. The largest absolute Gasteiger partial charge is 0.298 e. The zero-order chi connectivity index (χ0) is 31.2. The summed E-state index contributed by atoms with van der Waals surface area (Å²) < 4.78 is 2.14. The summed E-state index contributed by atoms with van der Waals surface area (Å²) in [6.07, 6.45) is 9.26. The first-order valence-electron chi connectivity index (χ1n) is 15.5. The molecular weight excluding hydrogens is 576 g/mol. The second-order valence-corrected chi connectivity index (χ2v) is 11.5. The lowest BCUT2D eigenvalue weighted by Crippen LogP contribution is -1.92. The van der Waals surface area contributed by atoms with Crippen molar-refractivity contribution in [1.29, 1.82) is 0 Å². The number of hydrogen-bond donors (Lipinski definition) is 0. The minimum atomic E-state index is 0.896. The van der Waals surface area contributed by atoms with E-state index in [9.17, 15) is 0 Å². The monoisotopic (exact) mass is 602 g/mol. The van der Waals surface area contributed by atoms with E-state index in [4.69, 9.17) is 15.0 Å². The highest BCUT2D eigenvalue weighted by atomic mass is 15.0. The second kappa shape index (κ2) is 11.1. The predicted molar refractivity (Wildman–Crippen MR) is 189 cm³/mol. The molecule has 6 heterocycles. The van der Waals surface area contributed by atoms with Crippen LogP contribution in [0.3, 0.4) is 0 Å². The molecule has 0 fully saturated rings. The first-order valence-corrected chi connectivity index (χ1v) is 15.5. The van der Waals surface area contributed by atoms with Crippen molar-refractivity contribution in [2.45, 2.75) is 0 Å². The van der Waals surface area contributed by atoms with Crippen LogP contribution in [0.25, 0.3) is 83.6 Å². The molecular formula is C41H26N6. The van der Waals surface area contributed by atoms with E-state index in [0.29, 0.717) is 0 Å². The molecule has 220 valence electrons. The van der Waals surface area contributed by atoms with E-state index in [1.54, 1.807) is 24.8 Å². The van der Waals surface area contributed by atoms with Crippen LogP contribution in [0.15, 0.2) is 158 Å². The molecule has 6 aromatic heterocycles. The van der Waals surface area contributed by atoms with E-state index < -0.39 is 0 Å². The lowest BCUT2D eigenvalue weighted by molar-refractivity contribution is 1.22. The van der Waals surface area contributed by atoms with Gasteiger partial charge in [-0.2, -0.15) is 0 Å². The van der Waals surface area contributed by atoms with Crippen LogP contribution < -0.4 is 0 Å². The Morgan fingerprint density at radius 3 is 1.79 bits per heavy atom. The summed E-state index contributed by atoms with van der Waals surface area (Å²) in [4.78, 5) is 23.5. The Kier molecular flexibility index (Phi) is 6.35. The Bertz CT molecular complexity index is 2500. The lowest BCUT2D eigenvalue weighted by Gasteiger charge is -2.12. The molecule has 9 aromatic rings. The van der Waals surface area contributed by atoms with Crippen molar-refractivity contribution in [2.75, 3.05) is 0 Å². The highest BCUT2D eigenvalue weighted by molar-refractivity contribution is 6.09. The van der Waals surface area contributed by atoms with Crippen LogP contribution in [0.2, 0.25) is 0 Å². The lowest BCUT2D eigenvalue weighted by atomic mass is 9.96. The summed E-state index contributed by atoms with van der Waals surface area (Å²) in [5, 5.41) is 1.05. The number of hydrogen-bond acceptors (Lipinski definition) is 5. The molecule has 0 bridgehead atoms. The van der Waals surface area contributed by atoms with Gasteiger partial charge in [-0.05, 0) is 82.9 Å². The maximum Gasteiger partial charge on any atom is 0.137 e. The second-order valence-electron chi connectivity index (χ2n) is 11.5. The van der Waals surface area contributed by atoms with Crippen LogP contribution in [0.1, 0.15) is 0 Å². The summed E-state index contributed by atoms with van der Waals surface area (Å²) in [6.45, 7) is 0. The van der Waals surface area contributed by atoms with Crippen LogP contribution >= 0.6 is 0 Å². The predicted octanol–water partition coefficient (Wildman–Crippen LogP) is 9.56. The smallest absolute Gasteiger partial charge is 0.137 e. The fraction of sp³-hybridized carbons (Fsp3) is 0. The van der Waals surface area contributed by atoms with Gasteiger partial charge in [-0.25, -0.2) is 15.0 Å². The Labute approximate surface area is 270 Å². The van der Waals surface area contributed by atoms with Gasteiger partial charge in [-0.15, -0.1) is 0 Å². The van der Waals surface area contributed by atoms with Crippen molar-refractivity contribution >= 4 is 27.6 Å². The van der Waals surface area contributed by atoms with Crippen molar-refractivity contribution in [2.24, 2.45) is 0 Å². The number of benzene rings is 3. The van der Waals surface area contributed by atoms with Crippen molar-refractivity contribution in [3.05, 3.63) is 158 Å². The molecule has 0 atom stereocenters. The number of pyridine rings is 5. The summed E-state index contributed by atoms with van der Waals surface area (Å²) in [6, 6.07) is 43.9. The first kappa shape index (κ1) is 26.8. The van der Waals surface area contributed by atoms with Crippen molar-refractivity contribution in [1.82, 2.24) is 29.3 Å². The first-order chi connectivity index (χ1) is 23.3. The Hall–Kier alpha value is -6.53. The number of para-hydroxylation sites is 1. The molecule has 0 aliphatic carbocycles. The zero-order valence-corrected chi connectivity index (χ0v) is 25.2. The van der Waals surface area contributed by atoms with Crippen LogP contribution in [-0.2, 0) is 0 Å². The number of rotatable bonds is 5. The third-order valence-corrected chi connectivity index (χ3v) is 8.61. The van der Waals surface area contributed by atoms with Crippen LogP contribution in [-0.4, -0.2) is 29.3 Å². The molecule has 0 aliphatic rings. The van der Waals surface area contributed by atoms with Gasteiger partial charge in [0, 0.05) is 53.1 Å². The third kappa shape index (κ3) is 4.80. The zero-order valence-electron chi connectivity index (χ0n) is 25.2. The van der Waals surface area contributed by atoms with E-state index >= 15 is 0 Å². The maximum atomic E-state index is 5.14. The molecule has 0 amide bonds. The van der Waals surface area contributed by atoms with Crippen LogP contribution in [0.5, 0.6) is 0 Å². The van der Waals surface area contributed by atoms with Crippen LogP contribution in [0, 0.1) is 0 Å². The van der Waals surface area contributed by atoms with Gasteiger partial charge in [0.05, 0.1) is 28.1 Å². The van der Waals surface area contributed by atoms with Gasteiger partial charge in [0.1, 0.15) is 11.2 Å². The molecule has 6 heteroatoms. The van der Waals surface area contributed by atoms with E-state index in [2.05, 4.69) is 93.4 Å². The third-order valence-electron chi connectivity index (χ3n) is 8.61. The standard InChI is InChI=1S/C41H26N6/c1-2-9-35-34(8-1)40-41(47-23-4-3-10-38(47)46-40)39(45-35)30-13-11-27(12-14-30)31-6-5-7-32(24-31)33-25-36(28-15-19-42-20-16-28)44-37(26-33)29-17-21-43-22-18-29/h1-26H. The van der Waals surface area contributed by atoms with Gasteiger partial charge in [-0.1, -0.05) is 66.7 Å². The fourth-order valence-electron chi connectivity index (χ4n) is 6.29. The minimum Gasteiger partial charge on any atom is -0.298 e. The number of nitrogens with zero attached hydrogens (tertiary/aromatic N) is 6. The van der Waals surface area contributed by atoms with Gasteiger partial charge in [0.15, 0.2) is 0 Å². The molecule has 0 spiro atoms. The number of fused-ring (bicyclic) bond motifs is 5.